The fourth-order valence-electron chi connectivity index (χ4n) is 1.97. The number of nitrogens with one attached hydrogen (secondary N) is 1. The number of halogens is 1. The third-order valence-electron chi connectivity index (χ3n) is 2.84. The second kappa shape index (κ2) is 4.30. The third-order valence-corrected chi connectivity index (χ3v) is 3.07. The standard InChI is InChI=1S/C11H15ClN2/c12-10-3-1-2-8(6-10)11(13)9-4-5-14-7-9/h1-3,6,9,11,14H,4-5,7,13H2. The van der Waals surface area contributed by atoms with Crippen molar-refractivity contribution in [3.05, 3.63) is 34.9 Å². The lowest BCUT2D eigenvalue weighted by Gasteiger charge is -2.18. The molecular formula is C11H15ClN2. The molecule has 1 aromatic carbocycles. The molecule has 2 nitrogen and oxygen atoms in total. The highest BCUT2D eigenvalue weighted by Crippen LogP contribution is 2.25. The molecule has 3 N–H and O–H groups in total. The summed E-state index contributed by atoms with van der Waals surface area (Å²) in [6.07, 6.45) is 1.16. The fraction of sp³-hybridized carbons (Fsp3) is 0.455. The molecule has 0 aliphatic carbocycles. The number of hydrogen-bond donors (Lipinski definition) is 2. The normalized spacial score (nSPS) is 23.7. The van der Waals surface area contributed by atoms with Crippen LogP contribution in [0, 0.1) is 5.92 Å². The molecule has 2 atom stereocenters. The molecule has 1 aliphatic rings. The van der Waals surface area contributed by atoms with Gasteiger partial charge in [0.2, 0.25) is 0 Å². The first-order valence-corrected chi connectivity index (χ1v) is 5.37. The maximum Gasteiger partial charge on any atom is 0.0409 e. The Kier molecular flexibility index (Phi) is 3.06. The van der Waals surface area contributed by atoms with Crippen LogP contribution in [0.1, 0.15) is 18.0 Å². The SMILES string of the molecule is NC(c1cccc(Cl)c1)C1CCNC1. The Labute approximate surface area is 89.4 Å². The predicted molar refractivity (Wildman–Crippen MR) is 59.4 cm³/mol. The van der Waals surface area contributed by atoms with Crippen molar-refractivity contribution in [1.82, 2.24) is 5.32 Å². The van der Waals surface area contributed by atoms with E-state index in [1.54, 1.807) is 0 Å². The topological polar surface area (TPSA) is 38.0 Å². The van der Waals surface area contributed by atoms with E-state index < -0.39 is 0 Å². The molecule has 0 saturated carbocycles. The van der Waals surface area contributed by atoms with Gasteiger partial charge in [0.25, 0.3) is 0 Å². The van der Waals surface area contributed by atoms with Crippen LogP contribution in [-0.4, -0.2) is 13.1 Å². The van der Waals surface area contributed by atoms with E-state index in [4.69, 9.17) is 17.3 Å². The minimum Gasteiger partial charge on any atom is -0.324 e. The summed E-state index contributed by atoms with van der Waals surface area (Å²) in [6, 6.07) is 7.97. The second-order valence-corrected chi connectivity index (χ2v) is 4.27. The van der Waals surface area contributed by atoms with E-state index in [-0.39, 0.29) is 6.04 Å². The minimum absolute atomic E-state index is 0.115. The Balaban J connectivity index is 2.13. The molecule has 76 valence electrons. The van der Waals surface area contributed by atoms with Crippen LogP contribution in [0.4, 0.5) is 0 Å². The third kappa shape index (κ3) is 2.08. The van der Waals surface area contributed by atoms with Crippen molar-refractivity contribution in [1.29, 1.82) is 0 Å². The Morgan fingerprint density at radius 2 is 2.36 bits per heavy atom. The van der Waals surface area contributed by atoms with Gasteiger partial charge >= 0.3 is 0 Å². The lowest BCUT2D eigenvalue weighted by Crippen LogP contribution is -2.23. The van der Waals surface area contributed by atoms with Crippen molar-refractivity contribution in [2.75, 3.05) is 13.1 Å². The van der Waals surface area contributed by atoms with Gasteiger partial charge in [0.05, 0.1) is 0 Å². The molecule has 0 aromatic heterocycles. The fourth-order valence-corrected chi connectivity index (χ4v) is 2.17. The van der Waals surface area contributed by atoms with Crippen LogP contribution >= 0.6 is 11.6 Å². The molecule has 2 rings (SSSR count). The van der Waals surface area contributed by atoms with Crippen LogP contribution in [-0.2, 0) is 0 Å². The lowest BCUT2D eigenvalue weighted by atomic mass is 9.93. The maximum atomic E-state index is 6.17. The second-order valence-electron chi connectivity index (χ2n) is 3.83. The largest absolute Gasteiger partial charge is 0.324 e. The number of hydrogen-bond acceptors (Lipinski definition) is 2. The van der Waals surface area contributed by atoms with Crippen LogP contribution < -0.4 is 11.1 Å². The molecule has 1 aromatic rings. The summed E-state index contributed by atoms with van der Waals surface area (Å²) in [4.78, 5) is 0. The summed E-state index contributed by atoms with van der Waals surface area (Å²) in [5.74, 6) is 0.550. The summed E-state index contributed by atoms with van der Waals surface area (Å²) < 4.78 is 0. The number of benzene rings is 1. The van der Waals surface area contributed by atoms with E-state index in [2.05, 4.69) is 11.4 Å². The van der Waals surface area contributed by atoms with Crippen LogP contribution in [0.15, 0.2) is 24.3 Å². The molecule has 2 unspecified atom stereocenters. The highest BCUT2D eigenvalue weighted by molar-refractivity contribution is 6.30. The Hall–Kier alpha value is -0.570. The molecule has 0 amide bonds. The van der Waals surface area contributed by atoms with Crippen molar-refractivity contribution in [3.63, 3.8) is 0 Å². The Morgan fingerprint density at radius 1 is 1.50 bits per heavy atom. The molecule has 1 heterocycles. The zero-order chi connectivity index (χ0) is 9.97. The van der Waals surface area contributed by atoms with Gasteiger partial charge in [0.15, 0.2) is 0 Å². The highest BCUT2D eigenvalue weighted by Gasteiger charge is 2.22. The van der Waals surface area contributed by atoms with Gasteiger partial charge < -0.3 is 11.1 Å². The van der Waals surface area contributed by atoms with Crippen molar-refractivity contribution in [2.45, 2.75) is 12.5 Å². The van der Waals surface area contributed by atoms with Gasteiger partial charge in [0, 0.05) is 11.1 Å². The quantitative estimate of drug-likeness (QED) is 0.783. The van der Waals surface area contributed by atoms with E-state index >= 15 is 0 Å². The van der Waals surface area contributed by atoms with Gasteiger partial charge in [-0.3, -0.25) is 0 Å². The molecule has 3 heteroatoms. The summed E-state index contributed by atoms with van der Waals surface area (Å²) in [5.41, 5.74) is 7.32. The van der Waals surface area contributed by atoms with Crippen molar-refractivity contribution in [3.8, 4) is 0 Å². The first kappa shape index (κ1) is 9.97. The Morgan fingerprint density at radius 3 is 3.00 bits per heavy atom. The molecule has 1 fully saturated rings. The molecule has 14 heavy (non-hydrogen) atoms. The van der Waals surface area contributed by atoms with Crippen LogP contribution in [0.5, 0.6) is 0 Å². The van der Waals surface area contributed by atoms with Crippen molar-refractivity contribution < 1.29 is 0 Å². The number of nitrogens with two attached hydrogens (primary N) is 1. The molecule has 0 radical (unpaired) electrons. The van der Waals surface area contributed by atoms with E-state index in [1.165, 1.54) is 0 Å². The van der Waals surface area contributed by atoms with E-state index in [1.807, 2.05) is 18.2 Å². The van der Waals surface area contributed by atoms with E-state index in [0.29, 0.717) is 5.92 Å². The average Bonchev–Trinajstić information content (AvgIpc) is 2.69. The summed E-state index contributed by atoms with van der Waals surface area (Å²) in [7, 11) is 0. The molecule has 0 spiro atoms. The average molecular weight is 211 g/mol. The first-order chi connectivity index (χ1) is 6.77. The molecule has 1 saturated heterocycles. The zero-order valence-corrected chi connectivity index (χ0v) is 8.80. The lowest BCUT2D eigenvalue weighted by molar-refractivity contribution is 0.470. The minimum atomic E-state index is 0.115. The smallest absolute Gasteiger partial charge is 0.0409 e. The van der Waals surface area contributed by atoms with E-state index in [0.717, 1.165) is 30.1 Å². The Bertz CT molecular complexity index is 308. The summed E-state index contributed by atoms with van der Waals surface area (Å²) >= 11 is 5.92. The van der Waals surface area contributed by atoms with Crippen molar-refractivity contribution in [2.24, 2.45) is 11.7 Å². The summed E-state index contributed by atoms with van der Waals surface area (Å²) in [5, 5.41) is 4.09. The van der Waals surface area contributed by atoms with Gasteiger partial charge in [-0.25, -0.2) is 0 Å². The highest BCUT2D eigenvalue weighted by atomic mass is 35.5. The van der Waals surface area contributed by atoms with Gasteiger partial charge in [-0.05, 0) is 43.1 Å². The van der Waals surface area contributed by atoms with Gasteiger partial charge in [0.1, 0.15) is 0 Å². The number of rotatable bonds is 2. The predicted octanol–water partition coefficient (Wildman–Crippen LogP) is 1.95. The van der Waals surface area contributed by atoms with Gasteiger partial charge in [-0.1, -0.05) is 23.7 Å². The molecule has 0 bridgehead atoms. The van der Waals surface area contributed by atoms with Crippen LogP contribution in [0.2, 0.25) is 5.02 Å². The molecule has 1 aliphatic heterocycles. The monoisotopic (exact) mass is 210 g/mol. The zero-order valence-electron chi connectivity index (χ0n) is 8.04. The van der Waals surface area contributed by atoms with Crippen molar-refractivity contribution >= 4 is 11.6 Å². The van der Waals surface area contributed by atoms with Crippen LogP contribution in [0.3, 0.4) is 0 Å². The summed E-state index contributed by atoms with van der Waals surface area (Å²) in [6.45, 7) is 2.10. The van der Waals surface area contributed by atoms with E-state index in [9.17, 15) is 0 Å². The molecular weight excluding hydrogens is 196 g/mol. The van der Waals surface area contributed by atoms with Crippen LogP contribution in [0.25, 0.3) is 0 Å². The van der Waals surface area contributed by atoms with Gasteiger partial charge in [-0.15, -0.1) is 0 Å². The first-order valence-electron chi connectivity index (χ1n) is 4.99. The maximum absolute atomic E-state index is 6.17. The van der Waals surface area contributed by atoms with Gasteiger partial charge in [-0.2, -0.15) is 0 Å².